The first-order chi connectivity index (χ1) is 15.6. The maximum absolute atomic E-state index is 12.5. The fourth-order valence-electron chi connectivity index (χ4n) is 3.93. The van der Waals surface area contributed by atoms with Gasteiger partial charge in [0.1, 0.15) is 17.0 Å². The van der Waals surface area contributed by atoms with Crippen molar-refractivity contribution in [3.63, 3.8) is 0 Å². The Morgan fingerprint density at radius 3 is 2.78 bits per heavy atom. The molecule has 0 saturated heterocycles. The van der Waals surface area contributed by atoms with Crippen LogP contribution in [0.25, 0.3) is 10.2 Å². The summed E-state index contributed by atoms with van der Waals surface area (Å²) in [4.78, 5) is 36.9. The summed E-state index contributed by atoms with van der Waals surface area (Å²) in [5.41, 5.74) is 2.42. The smallest absolute Gasteiger partial charge is 0.330 e. The Bertz CT molecular complexity index is 1140. The van der Waals surface area contributed by atoms with E-state index in [0.29, 0.717) is 13.1 Å². The SMILES string of the molecule is CCOC(=O)C=CC(=O)N1CCc2c(sc3ncnc(N[C@H](CC)c4ccccc4)c23)C1. The van der Waals surface area contributed by atoms with E-state index in [0.717, 1.165) is 33.8 Å². The molecule has 7 nitrogen and oxygen atoms in total. The first-order valence-corrected chi connectivity index (χ1v) is 11.6. The molecule has 0 bridgehead atoms. The van der Waals surface area contributed by atoms with Gasteiger partial charge in [0.05, 0.1) is 24.6 Å². The maximum atomic E-state index is 12.5. The summed E-state index contributed by atoms with van der Waals surface area (Å²) in [5, 5.41) is 4.67. The molecule has 1 atom stereocenters. The number of nitrogens with one attached hydrogen (secondary N) is 1. The highest BCUT2D eigenvalue weighted by Crippen LogP contribution is 2.38. The lowest BCUT2D eigenvalue weighted by Gasteiger charge is -2.26. The second kappa shape index (κ2) is 9.91. The highest BCUT2D eigenvalue weighted by Gasteiger charge is 2.26. The lowest BCUT2D eigenvalue weighted by Crippen LogP contribution is -2.34. The van der Waals surface area contributed by atoms with E-state index in [9.17, 15) is 9.59 Å². The monoisotopic (exact) mass is 450 g/mol. The summed E-state index contributed by atoms with van der Waals surface area (Å²) >= 11 is 1.60. The van der Waals surface area contributed by atoms with Crippen LogP contribution in [0.3, 0.4) is 0 Å². The summed E-state index contributed by atoms with van der Waals surface area (Å²) in [6, 6.07) is 10.5. The third kappa shape index (κ3) is 4.65. The van der Waals surface area contributed by atoms with E-state index >= 15 is 0 Å². The molecule has 8 heteroatoms. The van der Waals surface area contributed by atoms with Gasteiger partial charge < -0.3 is 15.0 Å². The van der Waals surface area contributed by atoms with Gasteiger partial charge in [-0.3, -0.25) is 4.79 Å². The number of carbonyl (C=O) groups is 2. The van der Waals surface area contributed by atoms with Crippen molar-refractivity contribution in [1.29, 1.82) is 0 Å². The molecule has 3 aromatic rings. The normalized spacial score (nSPS) is 14.4. The summed E-state index contributed by atoms with van der Waals surface area (Å²) < 4.78 is 4.85. The van der Waals surface area contributed by atoms with Gasteiger partial charge in [0.2, 0.25) is 5.91 Å². The Labute approximate surface area is 191 Å². The number of fused-ring (bicyclic) bond motifs is 3. The number of rotatable bonds is 7. The average molecular weight is 451 g/mol. The third-order valence-corrected chi connectivity index (χ3v) is 6.64. The summed E-state index contributed by atoms with van der Waals surface area (Å²) in [6.45, 7) is 5.24. The minimum absolute atomic E-state index is 0.152. The zero-order chi connectivity index (χ0) is 22.5. The number of anilines is 1. The van der Waals surface area contributed by atoms with Crippen molar-refractivity contribution in [2.24, 2.45) is 0 Å². The van der Waals surface area contributed by atoms with Gasteiger partial charge in [-0.1, -0.05) is 37.3 Å². The van der Waals surface area contributed by atoms with Crippen molar-refractivity contribution in [3.05, 3.63) is 64.8 Å². The highest BCUT2D eigenvalue weighted by molar-refractivity contribution is 7.19. The lowest BCUT2D eigenvalue weighted by atomic mass is 10.0. The maximum Gasteiger partial charge on any atom is 0.330 e. The van der Waals surface area contributed by atoms with Crippen molar-refractivity contribution < 1.29 is 14.3 Å². The molecule has 0 spiro atoms. The molecule has 0 unspecified atom stereocenters. The van der Waals surface area contributed by atoms with E-state index in [4.69, 9.17) is 4.74 Å². The zero-order valence-corrected chi connectivity index (χ0v) is 19.0. The predicted octanol–water partition coefficient (Wildman–Crippen LogP) is 4.26. The standard InChI is InChI=1S/C24H26N4O3S/c1-3-18(16-8-6-5-7-9-16)27-23-22-17-12-13-28(20(29)10-11-21(30)31-4-2)14-19(17)32-24(22)26-15-25-23/h5-11,15,18H,3-4,12-14H2,1-2H3,(H,25,26,27)/t18-/m1/s1. The Hall–Kier alpha value is -3.26. The third-order valence-electron chi connectivity index (χ3n) is 5.52. The van der Waals surface area contributed by atoms with Crippen molar-refractivity contribution in [1.82, 2.24) is 14.9 Å². The molecule has 3 heterocycles. The number of nitrogens with zero attached hydrogens (tertiary/aromatic N) is 3. The summed E-state index contributed by atoms with van der Waals surface area (Å²) in [6.07, 6.45) is 5.72. The number of hydrogen-bond acceptors (Lipinski definition) is 7. The largest absolute Gasteiger partial charge is 0.463 e. The molecule has 32 heavy (non-hydrogen) atoms. The average Bonchev–Trinajstić information content (AvgIpc) is 3.20. The molecule has 0 aliphatic carbocycles. The predicted molar refractivity (Wildman–Crippen MR) is 125 cm³/mol. The lowest BCUT2D eigenvalue weighted by molar-refractivity contribution is -0.137. The van der Waals surface area contributed by atoms with Crippen LogP contribution < -0.4 is 5.32 Å². The molecule has 166 valence electrons. The Morgan fingerprint density at radius 1 is 1.22 bits per heavy atom. The molecule has 1 aliphatic rings. The number of ether oxygens (including phenoxy) is 1. The molecule has 4 rings (SSSR count). The first kappa shape index (κ1) is 22.0. The first-order valence-electron chi connectivity index (χ1n) is 10.8. The molecule has 1 aromatic carbocycles. The molecule has 0 radical (unpaired) electrons. The van der Waals surface area contributed by atoms with E-state index < -0.39 is 5.97 Å². The van der Waals surface area contributed by atoms with Crippen LogP contribution in [0.15, 0.2) is 48.8 Å². The molecule has 1 aliphatic heterocycles. The van der Waals surface area contributed by atoms with Crippen LogP contribution in [-0.4, -0.2) is 39.9 Å². The number of esters is 1. The molecule has 1 N–H and O–H groups in total. The Morgan fingerprint density at radius 2 is 2.03 bits per heavy atom. The number of amides is 1. The zero-order valence-electron chi connectivity index (χ0n) is 18.2. The van der Waals surface area contributed by atoms with Crippen molar-refractivity contribution in [2.75, 3.05) is 18.5 Å². The van der Waals surface area contributed by atoms with Crippen molar-refractivity contribution in [2.45, 2.75) is 39.3 Å². The van der Waals surface area contributed by atoms with Crippen LogP contribution >= 0.6 is 11.3 Å². The van der Waals surface area contributed by atoms with E-state index in [1.807, 2.05) is 18.2 Å². The van der Waals surface area contributed by atoms with Gasteiger partial charge in [-0.2, -0.15) is 0 Å². The van der Waals surface area contributed by atoms with Gasteiger partial charge >= 0.3 is 5.97 Å². The number of thiophene rings is 1. The molecular formula is C24H26N4O3S. The molecule has 1 amide bonds. The van der Waals surface area contributed by atoms with Crippen LogP contribution in [0, 0.1) is 0 Å². The molecule has 2 aromatic heterocycles. The van der Waals surface area contributed by atoms with Crippen LogP contribution in [-0.2, 0) is 27.3 Å². The van der Waals surface area contributed by atoms with Crippen molar-refractivity contribution in [3.8, 4) is 0 Å². The summed E-state index contributed by atoms with van der Waals surface area (Å²) in [7, 11) is 0. The van der Waals surface area contributed by atoms with E-state index in [-0.39, 0.29) is 18.6 Å². The number of hydrogen-bond donors (Lipinski definition) is 1. The van der Waals surface area contributed by atoms with E-state index in [2.05, 4.69) is 34.3 Å². The van der Waals surface area contributed by atoms with Crippen LogP contribution in [0.1, 0.15) is 42.3 Å². The Kier molecular flexibility index (Phi) is 6.80. The summed E-state index contributed by atoms with van der Waals surface area (Å²) in [5.74, 6) is 0.140. The number of aromatic nitrogens is 2. The second-order valence-corrected chi connectivity index (χ2v) is 8.60. The number of carbonyl (C=O) groups excluding carboxylic acids is 2. The fourth-order valence-corrected chi connectivity index (χ4v) is 5.13. The second-order valence-electron chi connectivity index (χ2n) is 7.52. The van der Waals surface area contributed by atoms with E-state index in [1.54, 1.807) is 29.5 Å². The minimum Gasteiger partial charge on any atom is -0.463 e. The molecule has 0 saturated carbocycles. The van der Waals surface area contributed by atoms with Gasteiger partial charge in [-0.15, -0.1) is 11.3 Å². The number of benzene rings is 1. The van der Waals surface area contributed by atoms with E-state index in [1.165, 1.54) is 23.3 Å². The van der Waals surface area contributed by atoms with Crippen LogP contribution in [0.5, 0.6) is 0 Å². The van der Waals surface area contributed by atoms with Gasteiger partial charge in [0.15, 0.2) is 0 Å². The topological polar surface area (TPSA) is 84.4 Å². The molecule has 0 fully saturated rings. The van der Waals surface area contributed by atoms with Gasteiger partial charge in [-0.25, -0.2) is 14.8 Å². The quantitative estimate of drug-likeness (QED) is 0.428. The van der Waals surface area contributed by atoms with Crippen LogP contribution in [0.2, 0.25) is 0 Å². The van der Waals surface area contributed by atoms with Crippen molar-refractivity contribution >= 4 is 39.2 Å². The van der Waals surface area contributed by atoms with Crippen LogP contribution in [0.4, 0.5) is 5.82 Å². The fraction of sp³-hybridized carbons (Fsp3) is 0.333. The highest BCUT2D eigenvalue weighted by atomic mass is 32.1. The minimum atomic E-state index is -0.504. The molecular weight excluding hydrogens is 424 g/mol. The Balaban J connectivity index is 1.57. The van der Waals surface area contributed by atoms with Gasteiger partial charge in [0.25, 0.3) is 0 Å². The van der Waals surface area contributed by atoms with Gasteiger partial charge in [-0.05, 0) is 30.9 Å². The van der Waals surface area contributed by atoms with Gasteiger partial charge in [0, 0.05) is 23.6 Å².